The maximum Gasteiger partial charge on any atom is 0.245 e. The summed E-state index contributed by atoms with van der Waals surface area (Å²) in [5.41, 5.74) is 2.11. The van der Waals surface area contributed by atoms with Gasteiger partial charge in [-0.05, 0) is 41.6 Å². The first kappa shape index (κ1) is 26.2. The molecule has 2 aromatic carbocycles. The van der Waals surface area contributed by atoms with Crippen molar-refractivity contribution in [3.63, 3.8) is 0 Å². The van der Waals surface area contributed by atoms with Crippen molar-refractivity contribution in [2.45, 2.75) is 77.7 Å². The molecule has 3 rings (SSSR count). The number of benzene rings is 2. The van der Waals surface area contributed by atoms with Crippen LogP contribution in [0.25, 0.3) is 0 Å². The number of nitrogens with one attached hydrogen (secondary N) is 3. The molecule has 34 heavy (non-hydrogen) atoms. The number of amides is 1. The first-order valence-electron chi connectivity index (χ1n) is 12.4. The summed E-state index contributed by atoms with van der Waals surface area (Å²) in [4.78, 5) is 15.2. The maximum absolute atomic E-state index is 13.4. The molecule has 1 fully saturated rings. The summed E-state index contributed by atoms with van der Waals surface area (Å²) >= 11 is 5.73. The van der Waals surface area contributed by atoms with E-state index in [9.17, 15) is 4.79 Å². The lowest BCUT2D eigenvalue weighted by atomic mass is 9.85. The first-order valence-corrected chi connectivity index (χ1v) is 12.8. The van der Waals surface area contributed by atoms with Crippen LogP contribution in [0.4, 0.5) is 0 Å². The van der Waals surface area contributed by atoms with Gasteiger partial charge in [-0.2, -0.15) is 0 Å². The van der Waals surface area contributed by atoms with E-state index in [4.69, 9.17) is 12.2 Å². The second-order valence-corrected chi connectivity index (χ2v) is 10.9. The molecule has 3 atom stereocenters. The highest BCUT2D eigenvalue weighted by Crippen LogP contribution is 2.23. The van der Waals surface area contributed by atoms with Crippen molar-refractivity contribution in [2.75, 3.05) is 7.05 Å². The summed E-state index contributed by atoms with van der Waals surface area (Å²) in [6, 6.07) is 20.7. The van der Waals surface area contributed by atoms with Crippen molar-refractivity contribution in [1.82, 2.24) is 20.9 Å². The molecule has 1 aliphatic rings. The number of rotatable bonds is 8. The molecule has 2 aromatic rings. The summed E-state index contributed by atoms with van der Waals surface area (Å²) < 4.78 is 0. The third-order valence-corrected chi connectivity index (χ3v) is 6.76. The predicted molar refractivity (Wildman–Crippen MR) is 144 cm³/mol. The van der Waals surface area contributed by atoms with E-state index in [2.05, 4.69) is 61.0 Å². The molecule has 1 saturated carbocycles. The van der Waals surface area contributed by atoms with Gasteiger partial charge in [0, 0.05) is 32.2 Å². The van der Waals surface area contributed by atoms with Gasteiger partial charge >= 0.3 is 0 Å². The van der Waals surface area contributed by atoms with E-state index in [1.54, 1.807) is 4.90 Å². The fourth-order valence-electron chi connectivity index (χ4n) is 4.54. The number of carbonyl (C=O) groups is 1. The summed E-state index contributed by atoms with van der Waals surface area (Å²) in [6.07, 6.45) is 4.59. The number of likely N-dealkylation sites (N-methyl/N-ethyl adjacent to an activating group) is 1. The van der Waals surface area contributed by atoms with Crippen molar-refractivity contribution < 1.29 is 4.79 Å². The van der Waals surface area contributed by atoms with Crippen LogP contribution in [0.1, 0.15) is 57.6 Å². The molecule has 0 heterocycles. The van der Waals surface area contributed by atoms with Crippen molar-refractivity contribution in [3.05, 3.63) is 71.8 Å². The Morgan fingerprint density at radius 2 is 1.53 bits per heavy atom. The monoisotopic (exact) mass is 480 g/mol. The van der Waals surface area contributed by atoms with Crippen molar-refractivity contribution in [1.29, 1.82) is 0 Å². The van der Waals surface area contributed by atoms with E-state index in [0.29, 0.717) is 17.7 Å². The van der Waals surface area contributed by atoms with Gasteiger partial charge in [-0.25, -0.2) is 0 Å². The number of thiocarbonyl (C=S) groups is 1. The summed E-state index contributed by atoms with van der Waals surface area (Å²) in [7, 11) is 1.86. The average Bonchev–Trinajstić information content (AvgIpc) is 2.82. The lowest BCUT2D eigenvalue weighted by Gasteiger charge is -2.37. The molecular formula is C28H40N4OS. The summed E-state index contributed by atoms with van der Waals surface area (Å²) in [5, 5.41) is 11.2. The Morgan fingerprint density at radius 3 is 2.12 bits per heavy atom. The second kappa shape index (κ2) is 12.3. The van der Waals surface area contributed by atoms with Crippen LogP contribution in [-0.2, 0) is 17.9 Å². The number of carbonyl (C=O) groups excluding carboxylic acids is 1. The van der Waals surface area contributed by atoms with Crippen LogP contribution in [0.15, 0.2) is 60.7 Å². The van der Waals surface area contributed by atoms with Gasteiger partial charge < -0.3 is 20.9 Å². The van der Waals surface area contributed by atoms with Crippen LogP contribution in [0.2, 0.25) is 0 Å². The molecule has 0 aromatic heterocycles. The second-order valence-electron chi connectivity index (χ2n) is 10.5. The molecule has 3 N–H and O–H groups in total. The molecule has 1 amide bonds. The quantitative estimate of drug-likeness (QED) is 0.481. The third-order valence-electron chi connectivity index (χ3n) is 6.52. The SMILES string of the molecule is CN(Cc1ccccc1)C(=O)[C@@H](NC(=S)NC1CCCC[C@@H]1NCc1ccccc1)C(C)(C)C. The Balaban J connectivity index is 1.60. The Kier molecular flexibility index (Phi) is 9.48. The minimum atomic E-state index is -0.416. The molecule has 1 unspecified atom stereocenters. The lowest BCUT2D eigenvalue weighted by Crippen LogP contribution is -2.59. The van der Waals surface area contributed by atoms with Crippen LogP contribution in [-0.4, -0.2) is 41.1 Å². The Bertz CT molecular complexity index is 913. The highest BCUT2D eigenvalue weighted by molar-refractivity contribution is 7.80. The van der Waals surface area contributed by atoms with E-state index in [1.165, 1.54) is 18.4 Å². The molecule has 0 radical (unpaired) electrons. The minimum absolute atomic E-state index is 0.0444. The molecular weight excluding hydrogens is 440 g/mol. The Hall–Kier alpha value is -2.44. The van der Waals surface area contributed by atoms with E-state index in [1.807, 2.05) is 43.4 Å². The molecule has 1 aliphatic carbocycles. The number of hydrogen-bond donors (Lipinski definition) is 3. The topological polar surface area (TPSA) is 56.4 Å². The third kappa shape index (κ3) is 7.81. The average molecular weight is 481 g/mol. The lowest BCUT2D eigenvalue weighted by molar-refractivity contribution is -0.134. The highest BCUT2D eigenvalue weighted by Gasteiger charge is 2.35. The van der Waals surface area contributed by atoms with E-state index in [-0.39, 0.29) is 17.4 Å². The zero-order valence-corrected chi connectivity index (χ0v) is 21.8. The fourth-order valence-corrected chi connectivity index (χ4v) is 4.81. The van der Waals surface area contributed by atoms with E-state index in [0.717, 1.165) is 24.9 Å². The van der Waals surface area contributed by atoms with Gasteiger partial charge in [-0.15, -0.1) is 0 Å². The van der Waals surface area contributed by atoms with Crippen LogP contribution in [0, 0.1) is 5.41 Å². The van der Waals surface area contributed by atoms with Crippen molar-refractivity contribution in [2.24, 2.45) is 5.41 Å². The van der Waals surface area contributed by atoms with Crippen LogP contribution < -0.4 is 16.0 Å². The molecule has 0 aliphatic heterocycles. The zero-order chi connectivity index (χ0) is 24.6. The highest BCUT2D eigenvalue weighted by atomic mass is 32.1. The largest absolute Gasteiger partial charge is 0.358 e. The predicted octanol–water partition coefficient (Wildman–Crippen LogP) is 4.62. The van der Waals surface area contributed by atoms with E-state index >= 15 is 0 Å². The van der Waals surface area contributed by atoms with Gasteiger partial charge in [0.15, 0.2) is 5.11 Å². The molecule has 6 heteroatoms. The molecule has 5 nitrogen and oxygen atoms in total. The smallest absolute Gasteiger partial charge is 0.245 e. The molecule has 0 bridgehead atoms. The molecule has 184 valence electrons. The number of hydrogen-bond acceptors (Lipinski definition) is 3. The Morgan fingerprint density at radius 1 is 0.971 bits per heavy atom. The van der Waals surface area contributed by atoms with Gasteiger partial charge in [-0.3, -0.25) is 4.79 Å². The summed E-state index contributed by atoms with van der Waals surface area (Å²) in [5.74, 6) is 0.0444. The van der Waals surface area contributed by atoms with Crippen molar-refractivity contribution >= 4 is 23.2 Å². The van der Waals surface area contributed by atoms with Crippen molar-refractivity contribution in [3.8, 4) is 0 Å². The van der Waals surface area contributed by atoms with Crippen LogP contribution >= 0.6 is 12.2 Å². The van der Waals surface area contributed by atoms with Gasteiger partial charge in [0.25, 0.3) is 0 Å². The maximum atomic E-state index is 13.4. The summed E-state index contributed by atoms with van der Waals surface area (Å²) in [6.45, 7) is 7.64. The fraction of sp³-hybridized carbons (Fsp3) is 0.500. The molecule has 0 spiro atoms. The molecule has 0 saturated heterocycles. The van der Waals surface area contributed by atoms with Crippen LogP contribution in [0.5, 0.6) is 0 Å². The standard InChI is InChI=1S/C28H40N4OS/c1-28(2,3)25(26(33)32(4)20-22-15-9-6-10-16-22)31-27(34)30-24-18-12-11-17-23(24)29-19-21-13-7-5-8-14-21/h5-10,13-16,23-25,29H,11-12,17-20H2,1-4H3,(H2,30,31,34)/t23-,24?,25+/m0/s1. The minimum Gasteiger partial charge on any atom is -0.358 e. The normalized spacial score (nSPS) is 19.2. The van der Waals surface area contributed by atoms with Gasteiger partial charge in [0.05, 0.1) is 0 Å². The van der Waals surface area contributed by atoms with Crippen LogP contribution in [0.3, 0.4) is 0 Å². The zero-order valence-electron chi connectivity index (χ0n) is 21.0. The Labute approximate surface area is 210 Å². The van der Waals surface area contributed by atoms with Gasteiger partial charge in [0.2, 0.25) is 5.91 Å². The first-order chi connectivity index (χ1) is 16.2. The van der Waals surface area contributed by atoms with Gasteiger partial charge in [-0.1, -0.05) is 94.3 Å². The number of nitrogens with zero attached hydrogens (tertiary/aromatic N) is 1. The van der Waals surface area contributed by atoms with E-state index < -0.39 is 6.04 Å². The van der Waals surface area contributed by atoms with Gasteiger partial charge in [0.1, 0.15) is 6.04 Å².